The van der Waals surface area contributed by atoms with E-state index in [-0.39, 0.29) is 17.5 Å². The van der Waals surface area contributed by atoms with E-state index in [1.165, 1.54) is 15.7 Å². The summed E-state index contributed by atoms with van der Waals surface area (Å²) in [6, 6.07) is 23.0. The molecule has 206 valence electrons. The van der Waals surface area contributed by atoms with E-state index in [1.807, 2.05) is 47.9 Å². The number of hydrogen-bond donors (Lipinski definition) is 0. The summed E-state index contributed by atoms with van der Waals surface area (Å²) >= 11 is 1.22. The predicted molar refractivity (Wildman–Crippen MR) is 154 cm³/mol. The Morgan fingerprint density at radius 3 is 2.33 bits per heavy atom. The van der Waals surface area contributed by atoms with Crippen molar-refractivity contribution in [3.8, 4) is 22.8 Å². The van der Waals surface area contributed by atoms with Crippen LogP contribution in [0.4, 0.5) is 0 Å². The highest BCUT2D eigenvalue weighted by atomic mass is 32.2. The lowest BCUT2D eigenvalue weighted by Crippen LogP contribution is -2.17. The number of rotatable bonds is 10. The van der Waals surface area contributed by atoms with Gasteiger partial charge in [0.25, 0.3) is 10.0 Å². The zero-order chi connectivity index (χ0) is 28.3. The number of benzene rings is 3. The molecule has 0 unspecified atom stereocenters. The van der Waals surface area contributed by atoms with E-state index < -0.39 is 15.3 Å². The first-order chi connectivity index (χ1) is 19.3. The Balaban J connectivity index is 1.69. The highest BCUT2D eigenvalue weighted by Gasteiger charge is 2.27. The van der Waals surface area contributed by atoms with E-state index in [4.69, 9.17) is 9.47 Å². The second kappa shape index (κ2) is 11.6. The fourth-order valence-electron chi connectivity index (χ4n) is 4.31. The first kappa shape index (κ1) is 27.5. The summed E-state index contributed by atoms with van der Waals surface area (Å²) in [7, 11) is -3.90. The first-order valence-corrected chi connectivity index (χ1v) is 15.1. The highest BCUT2D eigenvalue weighted by Crippen LogP contribution is 2.36. The lowest BCUT2D eigenvalue weighted by molar-refractivity contribution is -0.142. The monoisotopic (exact) mass is 576 g/mol. The molecule has 5 aromatic rings. The molecule has 0 amide bonds. The van der Waals surface area contributed by atoms with Crippen molar-refractivity contribution in [2.75, 3.05) is 13.2 Å². The third-order valence-corrected chi connectivity index (χ3v) is 8.87. The smallest absolute Gasteiger partial charge is 0.319 e. The molecule has 0 saturated carbocycles. The van der Waals surface area contributed by atoms with Crippen LogP contribution in [-0.2, 0) is 19.6 Å². The van der Waals surface area contributed by atoms with Crippen molar-refractivity contribution in [3.63, 3.8) is 0 Å². The number of esters is 1. The van der Waals surface area contributed by atoms with E-state index in [2.05, 4.69) is 10.2 Å². The molecule has 1 atom stereocenters. The summed E-state index contributed by atoms with van der Waals surface area (Å²) in [5.41, 5.74) is 1.81. The average molecular weight is 577 g/mol. The van der Waals surface area contributed by atoms with Crippen LogP contribution in [0.2, 0.25) is 0 Å². The van der Waals surface area contributed by atoms with Gasteiger partial charge in [0.05, 0.1) is 23.6 Å². The fourth-order valence-corrected chi connectivity index (χ4v) is 6.57. The number of ether oxygens (including phenoxy) is 2. The second-order valence-electron chi connectivity index (χ2n) is 8.75. The molecule has 0 bridgehead atoms. The quantitative estimate of drug-likeness (QED) is 0.157. The Labute approximate surface area is 236 Å². The summed E-state index contributed by atoms with van der Waals surface area (Å²) in [6.07, 6.45) is 1.57. The standard InChI is InChI=1S/C29H28N4O5S2/c1-4-37-22-17-15-21(16-18-22)33-27(30-31-29(33)39-20(3)28(34)38-5-2)25-19-32(26-14-10-9-13-24(25)26)40(35,36)23-11-7-6-8-12-23/h6-20H,4-5H2,1-3H3/t20-/m1/s1. The van der Waals surface area contributed by atoms with E-state index >= 15 is 0 Å². The molecular weight excluding hydrogens is 548 g/mol. The van der Waals surface area contributed by atoms with Crippen LogP contribution in [0.5, 0.6) is 5.75 Å². The molecule has 40 heavy (non-hydrogen) atoms. The number of carbonyl (C=O) groups is 1. The maximum absolute atomic E-state index is 13.7. The first-order valence-electron chi connectivity index (χ1n) is 12.8. The van der Waals surface area contributed by atoms with Gasteiger partial charge >= 0.3 is 5.97 Å². The van der Waals surface area contributed by atoms with Crippen molar-refractivity contribution in [2.24, 2.45) is 0 Å². The number of carbonyl (C=O) groups excluding carboxylic acids is 1. The third-order valence-electron chi connectivity index (χ3n) is 6.16. The minimum Gasteiger partial charge on any atom is -0.494 e. The molecular formula is C29H28N4O5S2. The van der Waals surface area contributed by atoms with Gasteiger partial charge in [-0.1, -0.05) is 48.2 Å². The summed E-state index contributed by atoms with van der Waals surface area (Å²) in [4.78, 5) is 12.6. The Hall–Kier alpha value is -4.09. The number of thioether (sulfide) groups is 1. The molecule has 9 nitrogen and oxygen atoms in total. The Kier molecular flexibility index (Phi) is 7.95. The minimum atomic E-state index is -3.90. The predicted octanol–water partition coefficient (Wildman–Crippen LogP) is 5.57. The van der Waals surface area contributed by atoms with E-state index in [1.54, 1.807) is 62.5 Å². The van der Waals surface area contributed by atoms with E-state index in [0.29, 0.717) is 39.8 Å². The number of fused-ring (bicyclic) bond motifs is 1. The van der Waals surface area contributed by atoms with E-state index in [9.17, 15) is 13.2 Å². The minimum absolute atomic E-state index is 0.176. The van der Waals surface area contributed by atoms with Crippen LogP contribution in [0.15, 0.2) is 95.1 Å². The van der Waals surface area contributed by atoms with Crippen LogP contribution in [0.25, 0.3) is 28.0 Å². The Bertz CT molecular complexity index is 1750. The Morgan fingerprint density at radius 2 is 1.62 bits per heavy atom. The normalized spacial score (nSPS) is 12.4. The maximum atomic E-state index is 13.7. The zero-order valence-electron chi connectivity index (χ0n) is 22.2. The van der Waals surface area contributed by atoms with Crippen LogP contribution in [0.3, 0.4) is 0 Å². The highest BCUT2D eigenvalue weighted by molar-refractivity contribution is 8.00. The maximum Gasteiger partial charge on any atom is 0.319 e. The number of nitrogens with zero attached hydrogens (tertiary/aromatic N) is 4. The fraction of sp³-hybridized carbons (Fsp3) is 0.207. The van der Waals surface area contributed by atoms with Gasteiger partial charge in [-0.15, -0.1) is 10.2 Å². The summed E-state index contributed by atoms with van der Waals surface area (Å²) in [6.45, 7) is 6.23. The molecule has 0 radical (unpaired) electrons. The van der Waals surface area contributed by atoms with Crippen molar-refractivity contribution >= 4 is 38.7 Å². The summed E-state index contributed by atoms with van der Waals surface area (Å²) < 4.78 is 41.3. The van der Waals surface area contributed by atoms with Crippen LogP contribution >= 0.6 is 11.8 Å². The van der Waals surface area contributed by atoms with Gasteiger partial charge in [-0.2, -0.15) is 0 Å². The van der Waals surface area contributed by atoms with Crippen molar-refractivity contribution in [2.45, 2.75) is 36.1 Å². The third kappa shape index (κ3) is 5.22. The molecule has 0 spiro atoms. The van der Waals surface area contributed by atoms with Crippen molar-refractivity contribution in [1.29, 1.82) is 0 Å². The van der Waals surface area contributed by atoms with Gasteiger partial charge in [0.15, 0.2) is 11.0 Å². The summed E-state index contributed by atoms with van der Waals surface area (Å²) in [5, 5.41) is 9.53. The molecule has 0 saturated heterocycles. The lowest BCUT2D eigenvalue weighted by atomic mass is 10.1. The van der Waals surface area contributed by atoms with Crippen LogP contribution < -0.4 is 4.74 Å². The average Bonchev–Trinajstić information content (AvgIpc) is 3.56. The molecule has 0 aliphatic rings. The van der Waals surface area contributed by atoms with Gasteiger partial charge < -0.3 is 9.47 Å². The number of hydrogen-bond acceptors (Lipinski definition) is 8. The molecule has 0 N–H and O–H groups in total. The molecule has 2 aromatic heterocycles. The Morgan fingerprint density at radius 1 is 0.925 bits per heavy atom. The number of para-hydroxylation sites is 1. The van der Waals surface area contributed by atoms with Gasteiger partial charge in [-0.05, 0) is 63.2 Å². The van der Waals surface area contributed by atoms with Gasteiger partial charge in [0.1, 0.15) is 11.0 Å². The topological polar surface area (TPSA) is 105 Å². The van der Waals surface area contributed by atoms with Gasteiger partial charge in [0, 0.05) is 22.8 Å². The molecule has 0 aliphatic heterocycles. The van der Waals surface area contributed by atoms with E-state index in [0.717, 1.165) is 5.69 Å². The molecule has 2 heterocycles. The van der Waals surface area contributed by atoms with Crippen molar-refractivity contribution in [1.82, 2.24) is 18.7 Å². The van der Waals surface area contributed by atoms with Crippen molar-refractivity contribution in [3.05, 3.63) is 85.1 Å². The van der Waals surface area contributed by atoms with Crippen molar-refractivity contribution < 1.29 is 22.7 Å². The van der Waals surface area contributed by atoms with Crippen LogP contribution in [-0.4, -0.2) is 51.6 Å². The molecule has 5 rings (SSSR count). The molecule has 0 fully saturated rings. The zero-order valence-corrected chi connectivity index (χ0v) is 23.9. The molecule has 11 heteroatoms. The van der Waals surface area contributed by atoms with Gasteiger partial charge in [0.2, 0.25) is 0 Å². The SMILES string of the molecule is CCOC(=O)[C@@H](C)Sc1nnc(-c2cn(S(=O)(=O)c3ccccc3)c3ccccc23)n1-c1ccc(OCC)cc1. The lowest BCUT2D eigenvalue weighted by Gasteiger charge is -2.13. The number of aromatic nitrogens is 4. The van der Waals surface area contributed by atoms with Crippen LogP contribution in [0, 0.1) is 0 Å². The van der Waals surface area contributed by atoms with Gasteiger partial charge in [-0.25, -0.2) is 12.4 Å². The largest absolute Gasteiger partial charge is 0.494 e. The second-order valence-corrected chi connectivity index (χ2v) is 11.9. The summed E-state index contributed by atoms with van der Waals surface area (Å²) in [5.74, 6) is 0.780. The van der Waals surface area contributed by atoms with Crippen LogP contribution in [0.1, 0.15) is 20.8 Å². The van der Waals surface area contributed by atoms with Gasteiger partial charge in [-0.3, -0.25) is 9.36 Å². The molecule has 3 aromatic carbocycles. The molecule has 0 aliphatic carbocycles.